The number of nitrogens with two attached hydrogens (primary N) is 1. The van der Waals surface area contributed by atoms with E-state index in [0.29, 0.717) is 16.0 Å². The van der Waals surface area contributed by atoms with E-state index in [4.69, 9.17) is 10.9 Å². The highest BCUT2D eigenvalue weighted by atomic mass is 32.2. The van der Waals surface area contributed by atoms with Crippen molar-refractivity contribution >= 4 is 17.6 Å². The van der Waals surface area contributed by atoms with Crippen LogP contribution >= 0.6 is 11.8 Å². The summed E-state index contributed by atoms with van der Waals surface area (Å²) in [5, 5.41) is 12.6. The van der Waals surface area contributed by atoms with Gasteiger partial charge in [-0.15, -0.1) is 0 Å². The van der Waals surface area contributed by atoms with Crippen molar-refractivity contribution in [3.63, 3.8) is 0 Å². The van der Waals surface area contributed by atoms with Crippen molar-refractivity contribution in [2.24, 2.45) is 10.9 Å². The van der Waals surface area contributed by atoms with Crippen LogP contribution in [-0.4, -0.2) is 31.0 Å². The maximum Gasteiger partial charge on any atom is 0.196 e. The average molecular weight is 290 g/mol. The van der Waals surface area contributed by atoms with Gasteiger partial charge < -0.3 is 10.9 Å². The van der Waals surface area contributed by atoms with Crippen molar-refractivity contribution < 1.29 is 5.21 Å². The van der Waals surface area contributed by atoms with Crippen LogP contribution in [0.2, 0.25) is 0 Å². The van der Waals surface area contributed by atoms with E-state index in [-0.39, 0.29) is 5.84 Å². The molecule has 0 unspecified atom stereocenters. The van der Waals surface area contributed by atoms with Gasteiger partial charge in [-0.05, 0) is 44.2 Å². The summed E-state index contributed by atoms with van der Waals surface area (Å²) in [7, 11) is 0. The highest BCUT2D eigenvalue weighted by Gasteiger charge is 2.09. The van der Waals surface area contributed by atoms with Gasteiger partial charge in [0.05, 0.1) is 0 Å². The second-order valence-electron chi connectivity index (χ2n) is 4.11. The third kappa shape index (κ3) is 3.02. The van der Waals surface area contributed by atoms with Gasteiger partial charge in [-0.25, -0.2) is 19.9 Å². The number of amidine groups is 1. The molecule has 0 amide bonds. The van der Waals surface area contributed by atoms with E-state index < -0.39 is 0 Å². The fraction of sp³-hybridized carbons (Fsp3) is 0.250. The molecule has 7 nitrogen and oxygen atoms in total. The van der Waals surface area contributed by atoms with E-state index in [0.717, 1.165) is 17.0 Å². The second kappa shape index (κ2) is 5.83. The number of hydrogen-bond donors (Lipinski definition) is 2. The second-order valence-corrected chi connectivity index (χ2v) is 5.05. The van der Waals surface area contributed by atoms with E-state index in [1.807, 2.05) is 20.8 Å². The average Bonchev–Trinajstić information content (AvgIpc) is 2.44. The quantitative estimate of drug-likeness (QED) is 0.289. The third-order valence-corrected chi connectivity index (χ3v) is 3.54. The molecule has 3 N–H and O–H groups in total. The number of rotatable bonds is 3. The molecule has 104 valence electrons. The van der Waals surface area contributed by atoms with Gasteiger partial charge in [-0.3, -0.25) is 0 Å². The summed E-state index contributed by atoms with van der Waals surface area (Å²) < 4.78 is 0. The number of aromatic nitrogens is 4. The van der Waals surface area contributed by atoms with Crippen molar-refractivity contribution in [1.82, 2.24) is 19.9 Å². The molecule has 0 aliphatic heterocycles. The molecule has 0 saturated carbocycles. The van der Waals surface area contributed by atoms with Crippen LogP contribution < -0.4 is 5.73 Å². The van der Waals surface area contributed by atoms with Gasteiger partial charge in [0.15, 0.2) is 16.1 Å². The Kier molecular flexibility index (Phi) is 4.14. The van der Waals surface area contributed by atoms with Gasteiger partial charge in [0.25, 0.3) is 0 Å². The number of oxime groups is 1. The summed E-state index contributed by atoms with van der Waals surface area (Å²) in [4.78, 5) is 17.1. The van der Waals surface area contributed by atoms with E-state index in [1.165, 1.54) is 18.0 Å². The zero-order valence-electron chi connectivity index (χ0n) is 11.3. The van der Waals surface area contributed by atoms with Crippen LogP contribution in [0.4, 0.5) is 0 Å². The lowest BCUT2D eigenvalue weighted by Crippen LogP contribution is -2.15. The molecule has 2 aromatic rings. The Morgan fingerprint density at radius 1 is 1.15 bits per heavy atom. The largest absolute Gasteiger partial charge is 0.409 e. The molecule has 0 radical (unpaired) electrons. The molecule has 0 aromatic carbocycles. The predicted octanol–water partition coefficient (Wildman–Crippen LogP) is 1.44. The Balaban J connectivity index is 2.31. The van der Waals surface area contributed by atoms with Crippen LogP contribution in [0, 0.1) is 20.8 Å². The Morgan fingerprint density at radius 2 is 1.80 bits per heavy atom. The minimum Gasteiger partial charge on any atom is -0.409 e. The van der Waals surface area contributed by atoms with E-state index in [2.05, 4.69) is 25.1 Å². The maximum atomic E-state index is 8.64. The van der Waals surface area contributed by atoms with E-state index in [1.54, 1.807) is 6.07 Å². The number of aryl methyl sites for hydroxylation is 2. The first-order valence-corrected chi connectivity index (χ1v) is 6.63. The van der Waals surface area contributed by atoms with Gasteiger partial charge in [0.2, 0.25) is 0 Å². The topological polar surface area (TPSA) is 110 Å². The Morgan fingerprint density at radius 3 is 2.40 bits per heavy atom. The van der Waals surface area contributed by atoms with Crippen LogP contribution in [0.1, 0.15) is 22.6 Å². The van der Waals surface area contributed by atoms with Gasteiger partial charge in [-0.2, -0.15) is 0 Å². The van der Waals surface area contributed by atoms with Crippen molar-refractivity contribution in [2.75, 3.05) is 0 Å². The predicted molar refractivity (Wildman–Crippen MR) is 74.9 cm³/mol. The third-order valence-electron chi connectivity index (χ3n) is 2.80. The van der Waals surface area contributed by atoms with E-state index >= 15 is 0 Å². The van der Waals surface area contributed by atoms with Crippen molar-refractivity contribution in [3.8, 4) is 0 Å². The molecule has 0 aliphatic rings. The molecule has 20 heavy (non-hydrogen) atoms. The molecule has 2 rings (SSSR count). The van der Waals surface area contributed by atoms with Crippen LogP contribution in [-0.2, 0) is 0 Å². The fourth-order valence-corrected chi connectivity index (χ4v) is 2.24. The first kappa shape index (κ1) is 14.2. The molecule has 2 heterocycles. The lowest BCUT2D eigenvalue weighted by molar-refractivity contribution is 0.318. The Hall–Kier alpha value is -2.22. The summed E-state index contributed by atoms with van der Waals surface area (Å²) in [5.41, 5.74) is 8.76. The summed E-state index contributed by atoms with van der Waals surface area (Å²) >= 11 is 1.23. The van der Waals surface area contributed by atoms with Gasteiger partial charge in [0.1, 0.15) is 5.69 Å². The summed E-state index contributed by atoms with van der Waals surface area (Å²) in [6, 6.07) is 1.56. The van der Waals surface area contributed by atoms with Crippen LogP contribution in [0.15, 0.2) is 27.7 Å². The molecular weight excluding hydrogens is 276 g/mol. The van der Waals surface area contributed by atoms with Gasteiger partial charge >= 0.3 is 0 Å². The Labute approximate surface area is 120 Å². The van der Waals surface area contributed by atoms with E-state index in [9.17, 15) is 0 Å². The molecule has 8 heteroatoms. The first-order valence-electron chi connectivity index (χ1n) is 5.82. The highest BCUT2D eigenvalue weighted by molar-refractivity contribution is 7.99. The molecule has 0 spiro atoms. The molecule has 0 fully saturated rings. The standard InChI is InChI=1S/C12H14N6OS/c1-6-7(2)15-12(16-8(6)3)20-11-14-5-4-9(17-11)10(13)18-19/h4-5,19H,1-3H3,(H2,13,18). The highest BCUT2D eigenvalue weighted by Crippen LogP contribution is 2.22. The molecule has 0 saturated heterocycles. The normalized spacial score (nSPS) is 11.7. The zero-order valence-corrected chi connectivity index (χ0v) is 12.1. The smallest absolute Gasteiger partial charge is 0.196 e. The molecular formula is C12H14N6OS. The summed E-state index contributed by atoms with van der Waals surface area (Å²) in [5.74, 6) is -0.0635. The molecule has 0 bridgehead atoms. The fourth-order valence-electron chi connectivity index (χ4n) is 1.45. The van der Waals surface area contributed by atoms with Crippen molar-refractivity contribution in [1.29, 1.82) is 0 Å². The van der Waals surface area contributed by atoms with Crippen LogP contribution in [0.3, 0.4) is 0 Å². The lowest BCUT2D eigenvalue weighted by Gasteiger charge is -2.06. The number of nitrogens with zero attached hydrogens (tertiary/aromatic N) is 5. The number of hydrogen-bond acceptors (Lipinski definition) is 7. The monoisotopic (exact) mass is 290 g/mol. The van der Waals surface area contributed by atoms with Gasteiger partial charge in [0, 0.05) is 17.6 Å². The van der Waals surface area contributed by atoms with Gasteiger partial charge in [-0.1, -0.05) is 5.16 Å². The van der Waals surface area contributed by atoms with Crippen LogP contribution in [0.25, 0.3) is 0 Å². The SMILES string of the molecule is Cc1nc(Sc2nccc(/C(N)=N/O)n2)nc(C)c1C. The molecule has 0 aliphatic carbocycles. The zero-order chi connectivity index (χ0) is 14.7. The Bertz CT molecular complexity index is 650. The van der Waals surface area contributed by atoms with Crippen LogP contribution in [0.5, 0.6) is 0 Å². The molecule has 0 atom stereocenters. The maximum absolute atomic E-state index is 8.64. The minimum atomic E-state index is -0.0635. The minimum absolute atomic E-state index is 0.0635. The first-order chi connectivity index (χ1) is 9.51. The van der Waals surface area contributed by atoms with Crippen molar-refractivity contribution in [3.05, 3.63) is 34.9 Å². The molecule has 2 aromatic heterocycles. The summed E-state index contributed by atoms with van der Waals surface area (Å²) in [6.07, 6.45) is 1.54. The summed E-state index contributed by atoms with van der Waals surface area (Å²) in [6.45, 7) is 5.85. The van der Waals surface area contributed by atoms with Crippen molar-refractivity contribution in [2.45, 2.75) is 31.1 Å². The lowest BCUT2D eigenvalue weighted by atomic mass is 10.2.